The molecular formula is C20H18N2O7. The predicted molar refractivity (Wildman–Crippen MR) is 102 cm³/mol. The smallest absolute Gasteiger partial charge is 0.331 e. The molecule has 1 atom stereocenters. The van der Waals surface area contributed by atoms with Crippen LogP contribution in [0.15, 0.2) is 48.5 Å². The zero-order valence-corrected chi connectivity index (χ0v) is 15.5. The first kappa shape index (κ1) is 19.9. The topological polar surface area (TPSA) is 117 Å². The molecule has 0 unspecified atom stereocenters. The number of nitro groups is 1. The van der Waals surface area contributed by atoms with E-state index in [1.165, 1.54) is 18.2 Å². The number of ether oxygens (including phenoxy) is 3. The third kappa shape index (κ3) is 5.10. The van der Waals surface area contributed by atoms with Gasteiger partial charge in [-0.3, -0.25) is 14.9 Å². The Morgan fingerprint density at radius 2 is 1.93 bits per heavy atom. The van der Waals surface area contributed by atoms with Gasteiger partial charge in [-0.1, -0.05) is 30.3 Å². The first-order valence-corrected chi connectivity index (χ1v) is 8.71. The zero-order chi connectivity index (χ0) is 20.8. The Kier molecular flexibility index (Phi) is 6.08. The molecule has 0 aromatic heterocycles. The van der Waals surface area contributed by atoms with Crippen molar-refractivity contribution in [3.8, 4) is 11.5 Å². The minimum atomic E-state index is -0.806. The predicted octanol–water partition coefficient (Wildman–Crippen LogP) is 2.76. The maximum absolute atomic E-state index is 11.9. The molecule has 0 saturated carbocycles. The Balaban J connectivity index is 1.56. The lowest BCUT2D eigenvalue weighted by Gasteiger charge is -2.13. The number of carbonyl (C=O) groups excluding carboxylic acids is 2. The molecule has 1 heterocycles. The molecule has 1 N–H and O–H groups in total. The van der Waals surface area contributed by atoms with Crippen molar-refractivity contribution >= 4 is 23.6 Å². The maximum Gasteiger partial charge on any atom is 0.331 e. The maximum atomic E-state index is 11.9. The van der Waals surface area contributed by atoms with E-state index in [-0.39, 0.29) is 29.8 Å². The van der Waals surface area contributed by atoms with Crippen molar-refractivity contribution < 1.29 is 28.7 Å². The molecule has 2 aromatic rings. The van der Waals surface area contributed by atoms with E-state index >= 15 is 0 Å². The number of benzene rings is 2. The molecule has 0 bridgehead atoms. The third-order valence-electron chi connectivity index (χ3n) is 4.14. The molecule has 9 heteroatoms. The fourth-order valence-electron chi connectivity index (χ4n) is 2.69. The van der Waals surface area contributed by atoms with Gasteiger partial charge < -0.3 is 19.5 Å². The number of esters is 1. The lowest BCUT2D eigenvalue weighted by Crippen LogP contribution is -2.30. The number of carbonyl (C=O) groups is 2. The fourth-order valence-corrected chi connectivity index (χ4v) is 2.69. The Hall–Kier alpha value is -3.88. The molecule has 1 amide bonds. The van der Waals surface area contributed by atoms with Crippen molar-refractivity contribution in [2.45, 2.75) is 13.0 Å². The third-order valence-corrected chi connectivity index (χ3v) is 4.14. The summed E-state index contributed by atoms with van der Waals surface area (Å²) in [6.45, 7) is 1.31. The van der Waals surface area contributed by atoms with Crippen molar-refractivity contribution in [3.05, 3.63) is 69.8 Å². The SMILES string of the molecule is C[C@@H](NC(=O)COC(=O)/C=C/c1cc2c(cc1[N+](=O)[O-])OCO2)c1ccccc1. The van der Waals surface area contributed by atoms with Crippen LogP contribution in [0.5, 0.6) is 11.5 Å². The molecule has 0 saturated heterocycles. The molecule has 1 aliphatic heterocycles. The second-order valence-corrected chi connectivity index (χ2v) is 6.16. The van der Waals surface area contributed by atoms with Crippen LogP contribution in [0.25, 0.3) is 6.08 Å². The number of nitro benzene ring substituents is 1. The van der Waals surface area contributed by atoms with Gasteiger partial charge in [-0.2, -0.15) is 0 Å². The number of nitrogens with zero attached hydrogens (tertiary/aromatic N) is 1. The summed E-state index contributed by atoms with van der Waals surface area (Å²) >= 11 is 0. The van der Waals surface area contributed by atoms with E-state index < -0.39 is 23.4 Å². The minimum Gasteiger partial charge on any atom is -0.454 e. The number of hydrogen-bond donors (Lipinski definition) is 1. The summed E-state index contributed by atoms with van der Waals surface area (Å²) in [6.07, 6.45) is 2.24. The van der Waals surface area contributed by atoms with E-state index in [4.69, 9.17) is 14.2 Å². The highest BCUT2D eigenvalue weighted by atomic mass is 16.7. The van der Waals surface area contributed by atoms with Crippen LogP contribution in [0.2, 0.25) is 0 Å². The Labute approximate surface area is 166 Å². The summed E-state index contributed by atoms with van der Waals surface area (Å²) in [4.78, 5) is 34.4. The average molecular weight is 398 g/mol. The quantitative estimate of drug-likeness (QED) is 0.330. The standard InChI is InChI=1S/C20H18N2O7/c1-13(14-5-3-2-4-6-14)21-19(23)11-27-20(24)8-7-15-9-17-18(29-12-28-17)10-16(15)22(25)26/h2-10,13H,11-12H2,1H3,(H,21,23)/b8-7+/t13-/m1/s1. The number of rotatable bonds is 7. The zero-order valence-electron chi connectivity index (χ0n) is 15.5. The summed E-state index contributed by atoms with van der Waals surface area (Å²) < 4.78 is 15.2. The highest BCUT2D eigenvalue weighted by molar-refractivity contribution is 5.90. The second-order valence-electron chi connectivity index (χ2n) is 6.16. The largest absolute Gasteiger partial charge is 0.454 e. The molecule has 29 heavy (non-hydrogen) atoms. The first-order valence-electron chi connectivity index (χ1n) is 8.71. The van der Waals surface area contributed by atoms with E-state index in [2.05, 4.69) is 5.32 Å². The van der Waals surface area contributed by atoms with Gasteiger partial charge in [0.1, 0.15) is 0 Å². The number of hydrogen-bond acceptors (Lipinski definition) is 7. The van der Waals surface area contributed by atoms with Crippen molar-refractivity contribution in [1.29, 1.82) is 0 Å². The lowest BCUT2D eigenvalue weighted by molar-refractivity contribution is -0.385. The average Bonchev–Trinajstić information content (AvgIpc) is 3.18. The van der Waals surface area contributed by atoms with Gasteiger partial charge in [-0.25, -0.2) is 4.79 Å². The second kappa shape index (κ2) is 8.87. The summed E-state index contributed by atoms with van der Waals surface area (Å²) in [5.41, 5.74) is 0.827. The Morgan fingerprint density at radius 1 is 1.24 bits per heavy atom. The molecular weight excluding hydrogens is 380 g/mol. The van der Waals surface area contributed by atoms with Gasteiger partial charge in [0.05, 0.1) is 22.6 Å². The number of fused-ring (bicyclic) bond motifs is 1. The molecule has 3 rings (SSSR count). The van der Waals surface area contributed by atoms with Crippen LogP contribution < -0.4 is 14.8 Å². The lowest BCUT2D eigenvalue weighted by atomic mass is 10.1. The fraction of sp³-hybridized carbons (Fsp3) is 0.200. The molecule has 1 aliphatic rings. The molecule has 0 spiro atoms. The summed E-state index contributed by atoms with van der Waals surface area (Å²) in [6, 6.07) is 11.7. The van der Waals surface area contributed by atoms with Crippen LogP contribution in [0.3, 0.4) is 0 Å². The van der Waals surface area contributed by atoms with Gasteiger partial charge in [-0.15, -0.1) is 0 Å². The first-order chi connectivity index (χ1) is 13.9. The van der Waals surface area contributed by atoms with Crippen LogP contribution in [0, 0.1) is 10.1 Å². The van der Waals surface area contributed by atoms with Gasteiger partial charge in [0.2, 0.25) is 6.79 Å². The molecule has 9 nitrogen and oxygen atoms in total. The van der Waals surface area contributed by atoms with E-state index in [0.717, 1.165) is 11.6 Å². The van der Waals surface area contributed by atoms with Gasteiger partial charge in [0, 0.05) is 6.08 Å². The van der Waals surface area contributed by atoms with Crippen LogP contribution >= 0.6 is 0 Å². The van der Waals surface area contributed by atoms with Gasteiger partial charge in [0.15, 0.2) is 18.1 Å². The highest BCUT2D eigenvalue weighted by Gasteiger charge is 2.22. The van der Waals surface area contributed by atoms with Gasteiger partial charge >= 0.3 is 5.97 Å². The van der Waals surface area contributed by atoms with Crippen LogP contribution in [0.1, 0.15) is 24.1 Å². The van der Waals surface area contributed by atoms with Gasteiger partial charge in [0.25, 0.3) is 11.6 Å². The van der Waals surface area contributed by atoms with Crippen molar-refractivity contribution in [2.24, 2.45) is 0 Å². The van der Waals surface area contributed by atoms with E-state index in [1.54, 1.807) is 0 Å². The van der Waals surface area contributed by atoms with Gasteiger partial charge in [-0.05, 0) is 24.6 Å². The van der Waals surface area contributed by atoms with Crippen molar-refractivity contribution in [1.82, 2.24) is 5.32 Å². The van der Waals surface area contributed by atoms with E-state index in [0.29, 0.717) is 5.75 Å². The normalized spacial score (nSPS) is 13.1. The molecule has 0 radical (unpaired) electrons. The van der Waals surface area contributed by atoms with E-state index in [9.17, 15) is 19.7 Å². The molecule has 2 aromatic carbocycles. The highest BCUT2D eigenvalue weighted by Crippen LogP contribution is 2.38. The Morgan fingerprint density at radius 3 is 2.62 bits per heavy atom. The molecule has 150 valence electrons. The van der Waals surface area contributed by atoms with Crippen LogP contribution in [0.4, 0.5) is 5.69 Å². The summed E-state index contributed by atoms with van der Waals surface area (Å²) in [5.74, 6) is -0.657. The van der Waals surface area contributed by atoms with Crippen molar-refractivity contribution in [3.63, 3.8) is 0 Å². The van der Waals surface area contributed by atoms with Crippen molar-refractivity contribution in [2.75, 3.05) is 13.4 Å². The number of nitrogens with one attached hydrogen (secondary N) is 1. The summed E-state index contributed by atoms with van der Waals surface area (Å²) in [7, 11) is 0. The minimum absolute atomic E-state index is 0.0296. The Bertz CT molecular complexity index is 957. The molecule has 0 fully saturated rings. The van der Waals surface area contributed by atoms with Crippen LogP contribution in [-0.2, 0) is 14.3 Å². The monoisotopic (exact) mass is 398 g/mol. The molecule has 0 aliphatic carbocycles. The van der Waals surface area contributed by atoms with E-state index in [1.807, 2.05) is 37.3 Å². The summed E-state index contributed by atoms with van der Waals surface area (Å²) in [5, 5.41) is 13.9. The number of amides is 1. The van der Waals surface area contributed by atoms with Crippen LogP contribution in [-0.4, -0.2) is 30.2 Å².